The highest BCUT2D eigenvalue weighted by Crippen LogP contribution is 2.40. The van der Waals surface area contributed by atoms with Gasteiger partial charge in [0, 0.05) is 16.3 Å². The Balaban J connectivity index is 2.16. The zero-order chi connectivity index (χ0) is 14.0. The van der Waals surface area contributed by atoms with Gasteiger partial charge in [-0.1, -0.05) is 64.5 Å². The van der Waals surface area contributed by atoms with Crippen LogP contribution in [0.3, 0.4) is 0 Å². The van der Waals surface area contributed by atoms with E-state index in [0.29, 0.717) is 6.42 Å². The summed E-state index contributed by atoms with van der Waals surface area (Å²) in [5.41, 5.74) is 2.29. The zero-order valence-electron chi connectivity index (χ0n) is 11.1. The van der Waals surface area contributed by atoms with Crippen molar-refractivity contribution in [1.82, 2.24) is 0 Å². The molecule has 0 heterocycles. The van der Waals surface area contributed by atoms with Crippen molar-refractivity contribution in [2.75, 3.05) is 0 Å². The van der Waals surface area contributed by atoms with Crippen LogP contribution in [0.2, 0.25) is 0 Å². The molecule has 1 atom stereocenters. The van der Waals surface area contributed by atoms with Crippen LogP contribution >= 0.6 is 15.9 Å². The van der Waals surface area contributed by atoms with Gasteiger partial charge in [0.05, 0.1) is 0 Å². The van der Waals surface area contributed by atoms with Gasteiger partial charge in [0.15, 0.2) is 5.78 Å². The summed E-state index contributed by atoms with van der Waals surface area (Å²) in [7, 11) is 0. The molecule has 2 heteroatoms. The minimum absolute atomic E-state index is 0.185. The lowest BCUT2D eigenvalue weighted by Gasteiger charge is -2.34. The van der Waals surface area contributed by atoms with E-state index >= 15 is 0 Å². The van der Waals surface area contributed by atoms with E-state index in [1.807, 2.05) is 6.07 Å². The molecule has 0 unspecified atom stereocenters. The summed E-state index contributed by atoms with van der Waals surface area (Å²) in [6.45, 7) is 0. The van der Waals surface area contributed by atoms with Crippen LogP contribution in [0.4, 0.5) is 0 Å². The lowest BCUT2D eigenvalue weighted by Crippen LogP contribution is -2.29. The van der Waals surface area contributed by atoms with Gasteiger partial charge >= 0.3 is 0 Å². The highest BCUT2D eigenvalue weighted by molar-refractivity contribution is 9.10. The van der Waals surface area contributed by atoms with Crippen molar-refractivity contribution < 1.29 is 4.79 Å². The van der Waals surface area contributed by atoms with Crippen LogP contribution < -0.4 is 0 Å². The van der Waals surface area contributed by atoms with Gasteiger partial charge in [-0.3, -0.25) is 4.79 Å². The van der Waals surface area contributed by atoms with Crippen LogP contribution in [0, 0.1) is 0 Å². The van der Waals surface area contributed by atoms with Gasteiger partial charge in [0.2, 0.25) is 0 Å². The summed E-state index contributed by atoms with van der Waals surface area (Å²) in [6, 6.07) is 18.8. The number of halogens is 1. The fraction of sp³-hybridized carbons (Fsp3) is 0.167. The number of benzene rings is 2. The Bertz CT molecular complexity index is 643. The summed E-state index contributed by atoms with van der Waals surface area (Å²) >= 11 is 3.48. The van der Waals surface area contributed by atoms with Crippen molar-refractivity contribution in [2.45, 2.75) is 18.3 Å². The van der Waals surface area contributed by atoms with Crippen molar-refractivity contribution in [2.24, 2.45) is 0 Å². The summed E-state index contributed by atoms with van der Waals surface area (Å²) in [6.07, 6.45) is 5.23. The summed E-state index contributed by atoms with van der Waals surface area (Å²) in [4.78, 5) is 11.6. The molecule has 0 fully saturated rings. The van der Waals surface area contributed by atoms with E-state index in [4.69, 9.17) is 0 Å². The maximum absolute atomic E-state index is 11.6. The largest absolute Gasteiger partial charge is 0.295 e. The Morgan fingerprint density at radius 3 is 2.15 bits per heavy atom. The van der Waals surface area contributed by atoms with Gasteiger partial charge in [0.1, 0.15) is 0 Å². The molecule has 2 aromatic carbocycles. The fourth-order valence-corrected chi connectivity index (χ4v) is 3.12. The Morgan fingerprint density at radius 2 is 1.55 bits per heavy atom. The van der Waals surface area contributed by atoms with Crippen LogP contribution in [0.5, 0.6) is 0 Å². The van der Waals surface area contributed by atoms with Crippen molar-refractivity contribution in [3.63, 3.8) is 0 Å². The lowest BCUT2D eigenvalue weighted by molar-refractivity contribution is -0.115. The molecule has 1 aliphatic carbocycles. The molecule has 0 radical (unpaired) electrons. The third-order valence-corrected chi connectivity index (χ3v) is 4.50. The maximum Gasteiger partial charge on any atom is 0.155 e. The quantitative estimate of drug-likeness (QED) is 0.784. The van der Waals surface area contributed by atoms with Crippen LogP contribution in [-0.2, 0) is 10.2 Å². The molecular formula is C18H15BrO. The molecule has 1 aliphatic rings. The van der Waals surface area contributed by atoms with E-state index in [0.717, 1.165) is 10.9 Å². The molecule has 100 valence electrons. The minimum Gasteiger partial charge on any atom is -0.295 e. The lowest BCUT2D eigenvalue weighted by atomic mass is 9.68. The second-order valence-corrected chi connectivity index (χ2v) is 6.06. The first kappa shape index (κ1) is 13.3. The van der Waals surface area contributed by atoms with E-state index in [9.17, 15) is 4.79 Å². The SMILES string of the molecule is O=C1C=C[C@@](c2ccccc2)(c2ccc(Br)cc2)CC1. The zero-order valence-corrected chi connectivity index (χ0v) is 12.6. The van der Waals surface area contributed by atoms with Crippen molar-refractivity contribution in [3.8, 4) is 0 Å². The Hall–Kier alpha value is -1.67. The molecular weight excluding hydrogens is 312 g/mol. The number of ketones is 1. The molecule has 0 bridgehead atoms. The van der Waals surface area contributed by atoms with Gasteiger partial charge < -0.3 is 0 Å². The molecule has 0 aromatic heterocycles. The molecule has 2 aromatic rings. The molecule has 0 amide bonds. The Kier molecular flexibility index (Phi) is 3.58. The number of carbonyl (C=O) groups excluding carboxylic acids is 1. The number of allylic oxidation sites excluding steroid dienone is 2. The van der Waals surface area contributed by atoms with Gasteiger partial charge in [-0.05, 0) is 35.8 Å². The summed E-state index contributed by atoms with van der Waals surface area (Å²) in [5.74, 6) is 0.216. The number of rotatable bonds is 2. The maximum atomic E-state index is 11.6. The highest BCUT2D eigenvalue weighted by atomic mass is 79.9. The van der Waals surface area contributed by atoms with E-state index < -0.39 is 0 Å². The van der Waals surface area contributed by atoms with Gasteiger partial charge in [0.25, 0.3) is 0 Å². The smallest absolute Gasteiger partial charge is 0.155 e. The first-order valence-electron chi connectivity index (χ1n) is 6.74. The fourth-order valence-electron chi connectivity index (χ4n) is 2.85. The third-order valence-electron chi connectivity index (χ3n) is 3.97. The number of hydrogen-bond donors (Lipinski definition) is 0. The molecule has 0 spiro atoms. The first-order valence-corrected chi connectivity index (χ1v) is 7.54. The van der Waals surface area contributed by atoms with Crippen LogP contribution in [0.1, 0.15) is 24.0 Å². The average Bonchev–Trinajstić information content (AvgIpc) is 2.50. The highest BCUT2D eigenvalue weighted by Gasteiger charge is 2.34. The van der Waals surface area contributed by atoms with Gasteiger partial charge in [-0.15, -0.1) is 0 Å². The summed E-state index contributed by atoms with van der Waals surface area (Å²) in [5, 5.41) is 0. The van der Waals surface area contributed by atoms with Crippen LogP contribution in [0.25, 0.3) is 0 Å². The van der Waals surface area contributed by atoms with E-state index in [2.05, 4.69) is 70.5 Å². The third kappa shape index (κ3) is 2.36. The minimum atomic E-state index is -0.185. The van der Waals surface area contributed by atoms with Crippen molar-refractivity contribution >= 4 is 21.7 Å². The molecule has 3 rings (SSSR count). The van der Waals surface area contributed by atoms with E-state index in [1.54, 1.807) is 6.08 Å². The molecule has 1 nitrogen and oxygen atoms in total. The summed E-state index contributed by atoms with van der Waals surface area (Å²) < 4.78 is 1.07. The Labute approximate surface area is 127 Å². The Morgan fingerprint density at radius 1 is 0.900 bits per heavy atom. The monoisotopic (exact) mass is 326 g/mol. The van der Waals surface area contributed by atoms with E-state index in [-0.39, 0.29) is 11.2 Å². The average molecular weight is 327 g/mol. The topological polar surface area (TPSA) is 17.1 Å². The molecule has 0 aliphatic heterocycles. The van der Waals surface area contributed by atoms with Gasteiger partial charge in [-0.25, -0.2) is 0 Å². The second kappa shape index (κ2) is 5.37. The predicted molar refractivity (Wildman–Crippen MR) is 84.7 cm³/mol. The molecule has 20 heavy (non-hydrogen) atoms. The first-order chi connectivity index (χ1) is 9.71. The number of hydrogen-bond acceptors (Lipinski definition) is 1. The van der Waals surface area contributed by atoms with Crippen LogP contribution in [0.15, 0.2) is 71.2 Å². The standard InChI is InChI=1S/C18H15BrO/c19-16-8-6-15(7-9-16)18(12-10-17(20)11-13-18)14-4-2-1-3-5-14/h1-10,12H,11,13H2/t18-/m1/s1. The van der Waals surface area contributed by atoms with Gasteiger partial charge in [-0.2, -0.15) is 0 Å². The normalized spacial score (nSPS) is 21.9. The number of carbonyl (C=O) groups is 1. The second-order valence-electron chi connectivity index (χ2n) is 5.14. The molecule has 0 saturated heterocycles. The van der Waals surface area contributed by atoms with E-state index in [1.165, 1.54) is 11.1 Å². The van der Waals surface area contributed by atoms with Crippen molar-refractivity contribution in [1.29, 1.82) is 0 Å². The molecule has 0 saturated carbocycles. The van der Waals surface area contributed by atoms with Crippen LogP contribution in [-0.4, -0.2) is 5.78 Å². The predicted octanol–water partition coefficient (Wildman–Crippen LogP) is 4.65. The van der Waals surface area contributed by atoms with Crippen molar-refractivity contribution in [3.05, 3.63) is 82.3 Å². The molecule has 0 N–H and O–H groups in total.